The van der Waals surface area contributed by atoms with E-state index >= 15 is 0 Å². The van der Waals surface area contributed by atoms with Crippen molar-refractivity contribution in [2.75, 3.05) is 18.8 Å². The number of carbonyl (C=O) groups is 1. The summed E-state index contributed by atoms with van der Waals surface area (Å²) < 4.78 is 2.63. The highest BCUT2D eigenvalue weighted by Crippen LogP contribution is 2.32. The second kappa shape index (κ2) is 5.18. The lowest BCUT2D eigenvalue weighted by Gasteiger charge is -2.30. The number of nitrogens with zero attached hydrogens (tertiary/aromatic N) is 4. The van der Waals surface area contributed by atoms with Crippen LogP contribution in [-0.2, 0) is 0 Å². The van der Waals surface area contributed by atoms with Crippen molar-refractivity contribution in [3.05, 3.63) is 22.3 Å². The molecule has 1 aliphatic heterocycles. The van der Waals surface area contributed by atoms with Crippen LogP contribution in [0.4, 0.5) is 10.6 Å². The molecule has 0 radical (unpaired) electrons. The normalized spacial score (nSPS) is 19.1. The van der Waals surface area contributed by atoms with E-state index in [0.29, 0.717) is 23.5 Å². The Balaban J connectivity index is 2.09. The number of aryl methyl sites for hydroxylation is 1. The van der Waals surface area contributed by atoms with Crippen LogP contribution in [0.2, 0.25) is 0 Å². The average Bonchev–Trinajstić information content (AvgIpc) is 2.82. The van der Waals surface area contributed by atoms with Gasteiger partial charge in [0.25, 0.3) is 0 Å². The van der Waals surface area contributed by atoms with E-state index in [-0.39, 0.29) is 5.92 Å². The molecule has 0 aromatic carbocycles. The van der Waals surface area contributed by atoms with Crippen LogP contribution < -0.4 is 5.73 Å². The smallest absolute Gasteiger partial charge is 0.407 e. The molecule has 0 spiro atoms. The molecule has 0 bridgehead atoms. The van der Waals surface area contributed by atoms with Crippen LogP contribution in [0, 0.1) is 6.92 Å². The lowest BCUT2D eigenvalue weighted by molar-refractivity contribution is 0.129. The molecular weight excluding hydrogens is 338 g/mol. The molecule has 3 rings (SSSR count). The maximum Gasteiger partial charge on any atom is 0.407 e. The van der Waals surface area contributed by atoms with Crippen molar-refractivity contribution >= 4 is 33.4 Å². The van der Waals surface area contributed by atoms with Crippen LogP contribution in [0.5, 0.6) is 0 Å². The first-order valence-corrected chi connectivity index (χ1v) is 7.55. The Morgan fingerprint density at radius 1 is 1.57 bits per heavy atom. The van der Waals surface area contributed by atoms with Crippen molar-refractivity contribution in [1.82, 2.24) is 19.3 Å². The third-order valence-electron chi connectivity index (χ3n) is 3.90. The van der Waals surface area contributed by atoms with Gasteiger partial charge in [0.2, 0.25) is 0 Å². The predicted molar refractivity (Wildman–Crippen MR) is 81.4 cm³/mol. The van der Waals surface area contributed by atoms with Crippen molar-refractivity contribution in [3.8, 4) is 0 Å². The Kier molecular flexibility index (Phi) is 3.48. The topological polar surface area (TPSA) is 96.8 Å². The molecule has 2 aromatic heterocycles. The van der Waals surface area contributed by atoms with Crippen molar-refractivity contribution < 1.29 is 9.90 Å². The first kappa shape index (κ1) is 14.1. The number of imidazole rings is 1. The zero-order valence-electron chi connectivity index (χ0n) is 11.6. The Morgan fingerprint density at radius 3 is 3.05 bits per heavy atom. The summed E-state index contributed by atoms with van der Waals surface area (Å²) >= 11 is 3.43. The summed E-state index contributed by atoms with van der Waals surface area (Å²) in [5.41, 5.74) is 7.62. The quantitative estimate of drug-likeness (QED) is 0.819. The molecule has 1 atom stereocenters. The fourth-order valence-electron chi connectivity index (χ4n) is 2.90. The van der Waals surface area contributed by atoms with Gasteiger partial charge in [0, 0.05) is 30.9 Å². The molecule has 0 aliphatic carbocycles. The van der Waals surface area contributed by atoms with E-state index in [9.17, 15) is 9.90 Å². The number of halogens is 1. The molecule has 2 aromatic rings. The van der Waals surface area contributed by atoms with Crippen molar-refractivity contribution in [3.63, 3.8) is 0 Å². The molecule has 0 saturated carbocycles. The van der Waals surface area contributed by atoms with Crippen LogP contribution in [0.25, 0.3) is 5.52 Å². The summed E-state index contributed by atoms with van der Waals surface area (Å²) in [6.07, 6.45) is 2.58. The van der Waals surface area contributed by atoms with Crippen LogP contribution in [-0.4, -0.2) is 43.6 Å². The van der Waals surface area contributed by atoms with Gasteiger partial charge in [0.15, 0.2) is 5.82 Å². The van der Waals surface area contributed by atoms with E-state index in [1.165, 1.54) is 4.90 Å². The zero-order chi connectivity index (χ0) is 15.1. The van der Waals surface area contributed by atoms with Gasteiger partial charge in [-0.1, -0.05) is 0 Å². The van der Waals surface area contributed by atoms with Gasteiger partial charge >= 0.3 is 6.09 Å². The number of hydrogen-bond donors (Lipinski definition) is 2. The van der Waals surface area contributed by atoms with E-state index in [0.717, 1.165) is 29.9 Å². The molecule has 1 saturated heterocycles. The Morgan fingerprint density at radius 2 is 2.33 bits per heavy atom. The highest BCUT2D eigenvalue weighted by molar-refractivity contribution is 9.10. The molecule has 8 heteroatoms. The van der Waals surface area contributed by atoms with Gasteiger partial charge in [-0.15, -0.1) is 0 Å². The van der Waals surface area contributed by atoms with Gasteiger partial charge in [-0.2, -0.15) is 0 Å². The number of fused-ring (bicyclic) bond motifs is 1. The minimum Gasteiger partial charge on any atom is -0.465 e. The van der Waals surface area contributed by atoms with Gasteiger partial charge in [0.05, 0.1) is 0 Å². The predicted octanol–water partition coefficient (Wildman–Crippen LogP) is 2.24. The number of aromatic nitrogens is 3. The lowest BCUT2D eigenvalue weighted by Crippen LogP contribution is -2.38. The summed E-state index contributed by atoms with van der Waals surface area (Å²) in [6, 6.07) is 0. The van der Waals surface area contributed by atoms with E-state index < -0.39 is 6.09 Å². The Labute approximate surface area is 129 Å². The maximum atomic E-state index is 11.2. The maximum absolute atomic E-state index is 11.2. The van der Waals surface area contributed by atoms with E-state index in [1.54, 1.807) is 6.20 Å². The fraction of sp³-hybridized carbons (Fsp3) is 0.462. The van der Waals surface area contributed by atoms with Gasteiger partial charge in [0.1, 0.15) is 15.9 Å². The third kappa shape index (κ3) is 2.33. The van der Waals surface area contributed by atoms with E-state index in [1.807, 2.05) is 11.3 Å². The monoisotopic (exact) mass is 353 g/mol. The number of hydrogen-bond acceptors (Lipinski definition) is 4. The molecule has 112 valence electrons. The molecule has 1 unspecified atom stereocenters. The molecule has 1 fully saturated rings. The number of piperidine rings is 1. The van der Waals surface area contributed by atoms with Gasteiger partial charge in [-0.3, -0.25) is 4.40 Å². The summed E-state index contributed by atoms with van der Waals surface area (Å²) in [7, 11) is 0. The standard InChI is InChI=1S/C13H16BrN5O2/c1-7-5-16-11(15)9-10(14)17-12(19(7)9)8-3-2-4-18(6-8)13(20)21/h5,8H,2-4,6H2,1H3,(H2,15,16)(H,20,21). The van der Waals surface area contributed by atoms with Gasteiger partial charge in [-0.05, 0) is 35.7 Å². The molecule has 1 aliphatic rings. The number of nitrogens with two attached hydrogens (primary N) is 1. The third-order valence-corrected chi connectivity index (χ3v) is 4.46. The minimum atomic E-state index is -0.877. The van der Waals surface area contributed by atoms with Crippen LogP contribution in [0.1, 0.15) is 30.3 Å². The number of rotatable bonds is 1. The molecule has 7 nitrogen and oxygen atoms in total. The van der Waals surface area contributed by atoms with Crippen LogP contribution in [0.3, 0.4) is 0 Å². The van der Waals surface area contributed by atoms with Crippen LogP contribution in [0.15, 0.2) is 10.8 Å². The summed E-state index contributed by atoms with van der Waals surface area (Å²) in [5.74, 6) is 1.32. The SMILES string of the molecule is Cc1cnc(N)c2c(Br)nc(C3CCCN(C(=O)O)C3)n12. The summed E-state index contributed by atoms with van der Waals surface area (Å²) in [6.45, 7) is 2.98. The number of carboxylic acid groups (broad SMARTS) is 1. The number of likely N-dealkylation sites (tertiary alicyclic amines) is 1. The first-order chi connectivity index (χ1) is 9.99. The summed E-state index contributed by atoms with van der Waals surface area (Å²) in [5, 5.41) is 9.18. The second-order valence-corrected chi connectivity index (χ2v) is 6.05. The number of anilines is 1. The first-order valence-electron chi connectivity index (χ1n) is 6.76. The lowest BCUT2D eigenvalue weighted by atomic mass is 9.97. The van der Waals surface area contributed by atoms with Crippen molar-refractivity contribution in [1.29, 1.82) is 0 Å². The summed E-state index contributed by atoms with van der Waals surface area (Å²) in [4.78, 5) is 21.3. The van der Waals surface area contributed by atoms with Crippen molar-refractivity contribution in [2.45, 2.75) is 25.7 Å². The largest absolute Gasteiger partial charge is 0.465 e. The highest BCUT2D eigenvalue weighted by atomic mass is 79.9. The van der Waals surface area contributed by atoms with Crippen LogP contribution >= 0.6 is 15.9 Å². The number of nitrogen functional groups attached to an aromatic ring is 1. The average molecular weight is 354 g/mol. The second-order valence-electron chi connectivity index (χ2n) is 5.30. The zero-order valence-corrected chi connectivity index (χ0v) is 13.2. The number of amides is 1. The highest BCUT2D eigenvalue weighted by Gasteiger charge is 2.29. The Hall–Kier alpha value is -1.83. The van der Waals surface area contributed by atoms with E-state index in [4.69, 9.17) is 5.73 Å². The molecule has 1 amide bonds. The minimum absolute atomic E-state index is 0.0640. The van der Waals surface area contributed by atoms with E-state index in [2.05, 4.69) is 25.9 Å². The van der Waals surface area contributed by atoms with Gasteiger partial charge < -0.3 is 15.7 Å². The fourth-order valence-corrected chi connectivity index (χ4v) is 3.47. The van der Waals surface area contributed by atoms with Crippen molar-refractivity contribution in [2.24, 2.45) is 0 Å². The Bertz CT molecular complexity index is 714. The molecule has 3 N–H and O–H groups in total. The van der Waals surface area contributed by atoms with Gasteiger partial charge in [-0.25, -0.2) is 14.8 Å². The molecule has 21 heavy (non-hydrogen) atoms. The molecule has 3 heterocycles. The molecular formula is C13H16BrN5O2.